The van der Waals surface area contributed by atoms with E-state index in [0.29, 0.717) is 49.1 Å². The van der Waals surface area contributed by atoms with Gasteiger partial charge in [0.05, 0.1) is 30.8 Å². The fourth-order valence-electron chi connectivity index (χ4n) is 2.95. The summed E-state index contributed by atoms with van der Waals surface area (Å²) < 4.78 is 17.0. The van der Waals surface area contributed by atoms with Gasteiger partial charge in [0, 0.05) is 31.5 Å². The molecule has 0 atom stereocenters. The third kappa shape index (κ3) is 5.70. The van der Waals surface area contributed by atoms with Crippen molar-refractivity contribution in [1.82, 2.24) is 20.1 Å². The molecule has 0 spiro atoms. The lowest BCUT2D eigenvalue weighted by Crippen LogP contribution is -2.22. The first-order chi connectivity index (χ1) is 15.5. The average molecular weight is 438 g/mol. The van der Waals surface area contributed by atoms with Crippen LogP contribution in [0, 0.1) is 6.92 Å². The van der Waals surface area contributed by atoms with E-state index in [4.69, 9.17) is 14.2 Å². The van der Waals surface area contributed by atoms with Crippen molar-refractivity contribution in [3.63, 3.8) is 0 Å². The van der Waals surface area contributed by atoms with Crippen LogP contribution in [0.4, 0.5) is 0 Å². The van der Waals surface area contributed by atoms with Crippen LogP contribution in [0.25, 0.3) is 5.69 Å². The number of carbonyl (C=O) groups excluding carboxylic acids is 2. The zero-order valence-corrected chi connectivity index (χ0v) is 18.3. The van der Waals surface area contributed by atoms with Crippen LogP contribution in [0.15, 0.2) is 48.8 Å². The summed E-state index contributed by atoms with van der Waals surface area (Å²) in [6, 6.07) is 10.6. The minimum Gasteiger partial charge on any atom is -0.475 e. The van der Waals surface area contributed by atoms with Crippen LogP contribution in [0.2, 0.25) is 0 Å². The molecule has 3 rings (SSSR count). The fraction of sp³-hybridized carbons (Fsp3) is 0.304. The monoisotopic (exact) mass is 438 g/mol. The molecule has 9 nitrogen and oxygen atoms in total. The van der Waals surface area contributed by atoms with Gasteiger partial charge in [0.2, 0.25) is 5.88 Å². The van der Waals surface area contributed by atoms with Gasteiger partial charge in [0.25, 0.3) is 5.91 Å². The number of esters is 1. The molecule has 1 amide bonds. The van der Waals surface area contributed by atoms with Crippen LogP contribution in [0.1, 0.15) is 38.9 Å². The molecule has 1 N–H and O–H groups in total. The van der Waals surface area contributed by atoms with Crippen molar-refractivity contribution in [1.29, 1.82) is 0 Å². The number of hydrogen-bond acceptors (Lipinski definition) is 7. The quantitative estimate of drug-likeness (QED) is 0.383. The van der Waals surface area contributed by atoms with Gasteiger partial charge in [0.15, 0.2) is 0 Å². The van der Waals surface area contributed by atoms with Gasteiger partial charge in [0.1, 0.15) is 12.2 Å². The van der Waals surface area contributed by atoms with Crippen molar-refractivity contribution in [2.24, 2.45) is 0 Å². The van der Waals surface area contributed by atoms with Crippen LogP contribution in [-0.2, 0) is 16.0 Å². The molecule has 0 saturated carbocycles. The molecule has 0 aliphatic carbocycles. The second-order valence-electron chi connectivity index (χ2n) is 6.85. The maximum Gasteiger partial charge on any atom is 0.341 e. The van der Waals surface area contributed by atoms with Gasteiger partial charge < -0.3 is 19.5 Å². The highest BCUT2D eigenvalue weighted by Crippen LogP contribution is 2.16. The van der Waals surface area contributed by atoms with Crippen molar-refractivity contribution in [3.8, 4) is 11.6 Å². The van der Waals surface area contributed by atoms with E-state index in [1.54, 1.807) is 62.2 Å². The lowest BCUT2D eigenvalue weighted by Gasteiger charge is -2.09. The Morgan fingerprint density at radius 2 is 1.84 bits per heavy atom. The fourth-order valence-corrected chi connectivity index (χ4v) is 2.95. The molecule has 0 aliphatic rings. The highest BCUT2D eigenvalue weighted by Gasteiger charge is 2.16. The van der Waals surface area contributed by atoms with Crippen molar-refractivity contribution >= 4 is 11.9 Å². The van der Waals surface area contributed by atoms with Gasteiger partial charge in [-0.1, -0.05) is 6.07 Å². The molecule has 3 aromatic rings. The average Bonchev–Trinajstić information content (AvgIpc) is 3.20. The maximum absolute atomic E-state index is 12.5. The highest BCUT2D eigenvalue weighted by molar-refractivity contribution is 5.94. The van der Waals surface area contributed by atoms with E-state index in [0.717, 1.165) is 11.3 Å². The van der Waals surface area contributed by atoms with E-state index in [2.05, 4.69) is 15.4 Å². The number of rotatable bonds is 10. The topological polar surface area (TPSA) is 105 Å². The molecule has 9 heteroatoms. The van der Waals surface area contributed by atoms with Crippen molar-refractivity contribution in [2.45, 2.75) is 20.4 Å². The molecule has 2 heterocycles. The largest absolute Gasteiger partial charge is 0.475 e. The standard InChI is InChI=1S/C23H26N4O5/c1-4-31-23(29)20-15-26-27(16(20)2)19-8-6-18(7-9-19)22(28)25-14-17-5-10-21(24-13-17)32-12-11-30-3/h5-10,13,15H,4,11-12,14H2,1-3H3,(H,25,28). The number of nitrogens with one attached hydrogen (secondary N) is 1. The van der Waals surface area contributed by atoms with Crippen LogP contribution in [-0.4, -0.2) is 53.6 Å². The number of nitrogens with zero attached hydrogens (tertiary/aromatic N) is 3. The Morgan fingerprint density at radius 3 is 2.50 bits per heavy atom. The van der Waals surface area contributed by atoms with Crippen LogP contribution in [0.3, 0.4) is 0 Å². The van der Waals surface area contributed by atoms with Gasteiger partial charge in [-0.2, -0.15) is 5.10 Å². The summed E-state index contributed by atoms with van der Waals surface area (Å²) >= 11 is 0. The number of methoxy groups -OCH3 is 1. The predicted octanol–water partition coefficient (Wildman–Crippen LogP) is 2.71. The van der Waals surface area contributed by atoms with Crippen molar-refractivity contribution in [2.75, 3.05) is 26.9 Å². The van der Waals surface area contributed by atoms with Gasteiger partial charge in [-0.3, -0.25) is 4.79 Å². The van der Waals surface area contributed by atoms with Gasteiger partial charge in [-0.05, 0) is 43.7 Å². The van der Waals surface area contributed by atoms with E-state index >= 15 is 0 Å². The first-order valence-electron chi connectivity index (χ1n) is 10.2. The first kappa shape index (κ1) is 23.0. The summed E-state index contributed by atoms with van der Waals surface area (Å²) in [5.74, 6) is -0.106. The lowest BCUT2D eigenvalue weighted by molar-refractivity contribution is 0.0525. The maximum atomic E-state index is 12.5. The van der Waals surface area contributed by atoms with Gasteiger partial charge >= 0.3 is 5.97 Å². The Morgan fingerprint density at radius 1 is 1.06 bits per heavy atom. The number of aromatic nitrogens is 3. The molecule has 2 aromatic heterocycles. The molecule has 0 bridgehead atoms. The van der Waals surface area contributed by atoms with E-state index < -0.39 is 5.97 Å². The summed E-state index contributed by atoms with van der Waals surface area (Å²) in [5.41, 5.74) is 3.19. The first-order valence-corrected chi connectivity index (χ1v) is 10.2. The number of hydrogen-bond donors (Lipinski definition) is 1. The van der Waals surface area contributed by atoms with Crippen LogP contribution >= 0.6 is 0 Å². The van der Waals surface area contributed by atoms with Crippen LogP contribution < -0.4 is 10.1 Å². The molecular weight excluding hydrogens is 412 g/mol. The lowest BCUT2D eigenvalue weighted by atomic mass is 10.2. The molecular formula is C23H26N4O5. The summed E-state index contributed by atoms with van der Waals surface area (Å²) in [5, 5.41) is 7.13. The molecule has 168 valence electrons. The normalized spacial score (nSPS) is 10.6. The predicted molar refractivity (Wildman–Crippen MR) is 117 cm³/mol. The zero-order valence-electron chi connectivity index (χ0n) is 18.3. The summed E-state index contributed by atoms with van der Waals surface area (Å²) in [4.78, 5) is 28.7. The van der Waals surface area contributed by atoms with Crippen molar-refractivity contribution in [3.05, 3.63) is 71.2 Å². The minimum atomic E-state index is -0.406. The molecule has 0 fully saturated rings. The Hall–Kier alpha value is -3.72. The molecule has 0 saturated heterocycles. The Kier molecular flexibility index (Phi) is 7.93. The molecule has 0 unspecified atom stereocenters. The number of ether oxygens (including phenoxy) is 3. The third-order valence-corrected chi connectivity index (χ3v) is 4.67. The number of benzene rings is 1. The molecule has 1 aromatic carbocycles. The number of amides is 1. The summed E-state index contributed by atoms with van der Waals surface area (Å²) in [6.07, 6.45) is 3.14. The highest BCUT2D eigenvalue weighted by atomic mass is 16.5. The minimum absolute atomic E-state index is 0.207. The number of carbonyl (C=O) groups is 2. The number of pyridine rings is 1. The molecule has 0 aliphatic heterocycles. The Labute approximate surface area is 186 Å². The Balaban J connectivity index is 1.58. The SMILES string of the molecule is CCOC(=O)c1cnn(-c2ccc(C(=O)NCc3ccc(OCCOC)nc3)cc2)c1C. The Bertz CT molecular complexity index is 1050. The smallest absolute Gasteiger partial charge is 0.341 e. The zero-order chi connectivity index (χ0) is 22.9. The third-order valence-electron chi connectivity index (χ3n) is 4.67. The van der Waals surface area contributed by atoms with E-state index in [1.807, 2.05) is 6.07 Å². The van der Waals surface area contributed by atoms with Crippen LogP contribution in [0.5, 0.6) is 5.88 Å². The second kappa shape index (κ2) is 11.1. The summed E-state index contributed by atoms with van der Waals surface area (Å²) in [7, 11) is 1.61. The molecule has 0 radical (unpaired) electrons. The van der Waals surface area contributed by atoms with Gasteiger partial charge in [-0.15, -0.1) is 0 Å². The van der Waals surface area contributed by atoms with E-state index in [-0.39, 0.29) is 5.91 Å². The van der Waals surface area contributed by atoms with Gasteiger partial charge in [-0.25, -0.2) is 14.5 Å². The van der Waals surface area contributed by atoms with Crippen molar-refractivity contribution < 1.29 is 23.8 Å². The molecule has 32 heavy (non-hydrogen) atoms. The summed E-state index contributed by atoms with van der Waals surface area (Å²) in [6.45, 7) is 5.11. The van der Waals surface area contributed by atoms with E-state index in [1.165, 1.54) is 6.20 Å². The van der Waals surface area contributed by atoms with E-state index in [9.17, 15) is 9.59 Å². The second-order valence-corrected chi connectivity index (χ2v) is 6.85.